The molecule has 166 valence electrons. The van der Waals surface area contributed by atoms with Crippen molar-refractivity contribution in [2.24, 2.45) is 0 Å². The van der Waals surface area contributed by atoms with E-state index in [-0.39, 0.29) is 5.91 Å². The third-order valence-corrected chi connectivity index (χ3v) is 6.14. The molecule has 4 rings (SSSR count). The van der Waals surface area contributed by atoms with Gasteiger partial charge in [0.2, 0.25) is 23.2 Å². The number of hydrogen-bond donors (Lipinski definition) is 0. The largest absolute Gasteiger partial charge is 0.497 e. The molecule has 1 aliphatic rings. The molecule has 0 bridgehead atoms. The maximum absolute atomic E-state index is 13.1. The lowest BCUT2D eigenvalue weighted by atomic mass is 10.1. The molecule has 2 aromatic carbocycles. The highest BCUT2D eigenvalue weighted by molar-refractivity contribution is 7.99. The molecule has 7 nitrogen and oxygen atoms in total. The van der Waals surface area contributed by atoms with E-state index in [0.29, 0.717) is 23.2 Å². The SMILES string of the molecule is CCCCSc1nnc2c(n1)O[C@H](c1ccc(OC)cc1)N(C(=O)CC)c1ccccc1-2. The molecule has 32 heavy (non-hydrogen) atoms. The van der Waals surface area contributed by atoms with Gasteiger partial charge in [-0.05, 0) is 36.8 Å². The molecule has 1 amide bonds. The summed E-state index contributed by atoms with van der Waals surface area (Å²) in [5.74, 6) is 1.96. The van der Waals surface area contributed by atoms with Gasteiger partial charge >= 0.3 is 0 Å². The maximum Gasteiger partial charge on any atom is 0.247 e. The molecule has 3 aromatic rings. The lowest BCUT2D eigenvalue weighted by Crippen LogP contribution is -2.37. The topological polar surface area (TPSA) is 77.4 Å². The van der Waals surface area contributed by atoms with Crippen LogP contribution >= 0.6 is 11.8 Å². The molecule has 1 aliphatic heterocycles. The number of hydrogen-bond acceptors (Lipinski definition) is 7. The molecule has 8 heteroatoms. The van der Waals surface area contributed by atoms with Crippen LogP contribution < -0.4 is 14.4 Å². The normalized spacial score (nSPS) is 14.7. The van der Waals surface area contributed by atoms with E-state index in [1.165, 1.54) is 0 Å². The fraction of sp³-hybridized carbons (Fsp3) is 0.333. The summed E-state index contributed by atoms with van der Waals surface area (Å²) in [5, 5.41) is 9.34. The Balaban J connectivity index is 1.84. The van der Waals surface area contributed by atoms with Gasteiger partial charge in [-0.3, -0.25) is 9.69 Å². The summed E-state index contributed by atoms with van der Waals surface area (Å²) < 4.78 is 11.7. The van der Waals surface area contributed by atoms with Crippen LogP contribution in [0.1, 0.15) is 44.9 Å². The zero-order chi connectivity index (χ0) is 22.5. The number of amides is 1. The van der Waals surface area contributed by atoms with Crippen LogP contribution in [-0.2, 0) is 4.79 Å². The zero-order valence-electron chi connectivity index (χ0n) is 18.4. The molecule has 1 atom stereocenters. The molecular weight excluding hydrogens is 424 g/mol. The molecule has 0 N–H and O–H groups in total. The van der Waals surface area contributed by atoms with E-state index in [4.69, 9.17) is 9.47 Å². The molecule has 0 spiro atoms. The first-order chi connectivity index (χ1) is 15.7. The van der Waals surface area contributed by atoms with Crippen molar-refractivity contribution >= 4 is 23.4 Å². The van der Waals surface area contributed by atoms with E-state index in [9.17, 15) is 4.79 Å². The molecule has 0 aliphatic carbocycles. The average Bonchev–Trinajstić information content (AvgIpc) is 2.98. The highest BCUT2D eigenvalue weighted by Crippen LogP contribution is 2.43. The van der Waals surface area contributed by atoms with Crippen molar-refractivity contribution in [2.75, 3.05) is 17.8 Å². The van der Waals surface area contributed by atoms with Crippen molar-refractivity contribution in [1.82, 2.24) is 15.2 Å². The fourth-order valence-electron chi connectivity index (χ4n) is 3.51. The summed E-state index contributed by atoms with van der Waals surface area (Å²) in [7, 11) is 1.62. The van der Waals surface area contributed by atoms with Gasteiger partial charge in [-0.25, -0.2) is 0 Å². The Kier molecular flexibility index (Phi) is 6.90. The van der Waals surface area contributed by atoms with Crippen molar-refractivity contribution in [3.63, 3.8) is 0 Å². The van der Waals surface area contributed by atoms with Crippen molar-refractivity contribution in [3.8, 4) is 22.9 Å². The third-order valence-electron chi connectivity index (χ3n) is 5.21. The number of fused-ring (bicyclic) bond motifs is 3. The molecule has 0 unspecified atom stereocenters. The number of benzene rings is 2. The highest BCUT2D eigenvalue weighted by atomic mass is 32.2. The number of ether oxygens (including phenoxy) is 2. The molecule has 0 radical (unpaired) electrons. The number of methoxy groups -OCH3 is 1. The van der Waals surface area contributed by atoms with E-state index < -0.39 is 6.23 Å². The first-order valence-corrected chi connectivity index (χ1v) is 11.7. The number of thioether (sulfide) groups is 1. The van der Waals surface area contributed by atoms with Gasteiger partial charge in [0, 0.05) is 23.3 Å². The van der Waals surface area contributed by atoms with Gasteiger partial charge in [0.1, 0.15) is 5.75 Å². The predicted molar refractivity (Wildman–Crippen MR) is 125 cm³/mol. The standard InChI is InChI=1S/C24H26N4O3S/c1-4-6-15-32-24-25-22-21(26-27-24)18-9-7-8-10-19(18)28(20(29)5-2)23(31-22)16-11-13-17(30-3)14-12-16/h7-14,23H,4-6,15H2,1-3H3/t23-/m1/s1. The number of rotatable bonds is 7. The number of para-hydroxylation sites is 1. The van der Waals surface area contributed by atoms with E-state index in [0.717, 1.165) is 41.2 Å². The molecule has 0 saturated heterocycles. The predicted octanol–water partition coefficient (Wildman–Crippen LogP) is 5.27. The second-order valence-electron chi connectivity index (χ2n) is 7.33. The van der Waals surface area contributed by atoms with Crippen LogP contribution in [0.5, 0.6) is 11.6 Å². The minimum atomic E-state index is -0.694. The third kappa shape index (κ3) is 4.41. The summed E-state index contributed by atoms with van der Waals surface area (Å²) in [6.45, 7) is 3.99. The minimum absolute atomic E-state index is 0.0587. The summed E-state index contributed by atoms with van der Waals surface area (Å²) in [6, 6.07) is 15.2. The Hall–Kier alpha value is -3.13. The zero-order valence-corrected chi connectivity index (χ0v) is 19.3. The summed E-state index contributed by atoms with van der Waals surface area (Å²) in [4.78, 5) is 19.5. The number of nitrogens with zero attached hydrogens (tertiary/aromatic N) is 4. The Morgan fingerprint density at radius 1 is 1.12 bits per heavy atom. The molecule has 2 heterocycles. The van der Waals surface area contributed by atoms with Crippen molar-refractivity contribution in [3.05, 3.63) is 54.1 Å². The van der Waals surface area contributed by atoms with E-state index in [1.54, 1.807) is 23.8 Å². The van der Waals surface area contributed by atoms with Crippen LogP contribution in [0.15, 0.2) is 53.7 Å². The van der Waals surface area contributed by atoms with Crippen LogP contribution in [0.2, 0.25) is 0 Å². The lowest BCUT2D eigenvalue weighted by Gasteiger charge is -2.30. The minimum Gasteiger partial charge on any atom is -0.497 e. The smallest absolute Gasteiger partial charge is 0.247 e. The molecule has 1 aromatic heterocycles. The van der Waals surface area contributed by atoms with Gasteiger partial charge < -0.3 is 9.47 Å². The Morgan fingerprint density at radius 3 is 2.62 bits per heavy atom. The molecule has 0 saturated carbocycles. The van der Waals surface area contributed by atoms with Gasteiger partial charge in [-0.1, -0.05) is 50.2 Å². The molecular formula is C24H26N4O3S. The van der Waals surface area contributed by atoms with Crippen LogP contribution in [0.3, 0.4) is 0 Å². The number of unbranched alkanes of at least 4 members (excludes halogenated alkanes) is 1. The van der Waals surface area contributed by atoms with Crippen molar-refractivity contribution in [2.45, 2.75) is 44.5 Å². The van der Waals surface area contributed by atoms with Crippen LogP contribution in [0.4, 0.5) is 5.69 Å². The summed E-state index contributed by atoms with van der Waals surface area (Å²) >= 11 is 1.56. The quantitative estimate of drug-likeness (QED) is 0.358. The summed E-state index contributed by atoms with van der Waals surface area (Å²) in [6.07, 6.45) is 1.81. The van der Waals surface area contributed by atoms with Gasteiger partial charge in [0.15, 0.2) is 5.69 Å². The number of carbonyl (C=O) groups is 1. The Bertz CT molecular complexity index is 1090. The van der Waals surface area contributed by atoms with Gasteiger partial charge in [-0.2, -0.15) is 4.98 Å². The van der Waals surface area contributed by atoms with Crippen LogP contribution in [0.25, 0.3) is 11.3 Å². The van der Waals surface area contributed by atoms with Gasteiger partial charge in [0.25, 0.3) is 0 Å². The van der Waals surface area contributed by atoms with E-state index in [2.05, 4.69) is 22.1 Å². The second-order valence-corrected chi connectivity index (χ2v) is 8.39. The van der Waals surface area contributed by atoms with Crippen molar-refractivity contribution in [1.29, 1.82) is 0 Å². The average molecular weight is 451 g/mol. The van der Waals surface area contributed by atoms with Crippen LogP contribution in [-0.4, -0.2) is 34.0 Å². The lowest BCUT2D eigenvalue weighted by molar-refractivity contribution is -0.120. The number of aromatic nitrogens is 3. The fourth-order valence-corrected chi connectivity index (χ4v) is 4.37. The first kappa shape index (κ1) is 22.1. The Labute approximate surface area is 192 Å². The number of carbonyl (C=O) groups excluding carboxylic acids is 1. The van der Waals surface area contributed by atoms with Gasteiger partial charge in [-0.15, -0.1) is 10.2 Å². The first-order valence-electron chi connectivity index (χ1n) is 10.8. The Morgan fingerprint density at radius 2 is 1.91 bits per heavy atom. The second kappa shape index (κ2) is 9.99. The maximum atomic E-state index is 13.1. The highest BCUT2D eigenvalue weighted by Gasteiger charge is 2.35. The van der Waals surface area contributed by atoms with Crippen molar-refractivity contribution < 1.29 is 14.3 Å². The van der Waals surface area contributed by atoms with E-state index in [1.807, 2.05) is 55.5 Å². The number of anilines is 1. The van der Waals surface area contributed by atoms with Gasteiger partial charge in [0.05, 0.1) is 12.8 Å². The molecule has 0 fully saturated rings. The monoisotopic (exact) mass is 450 g/mol. The van der Waals surface area contributed by atoms with Crippen LogP contribution in [0, 0.1) is 0 Å². The summed E-state index contributed by atoms with van der Waals surface area (Å²) in [5.41, 5.74) is 2.84. The van der Waals surface area contributed by atoms with E-state index >= 15 is 0 Å².